The number of ether oxygens (including phenoxy) is 2. The van der Waals surface area contributed by atoms with Crippen LogP contribution in [0.5, 0.6) is 5.75 Å². The zero-order chi connectivity index (χ0) is 22.3. The summed E-state index contributed by atoms with van der Waals surface area (Å²) >= 11 is 0. The van der Waals surface area contributed by atoms with E-state index in [1.54, 1.807) is 31.2 Å². The third-order valence-corrected chi connectivity index (χ3v) is 4.43. The van der Waals surface area contributed by atoms with Gasteiger partial charge in [0.1, 0.15) is 11.9 Å². The maximum Gasteiger partial charge on any atom is 0.387 e. The van der Waals surface area contributed by atoms with Crippen molar-refractivity contribution < 1.29 is 33.0 Å². The molecular weight excluding hydrogens is 396 g/mol. The fraction of sp³-hybridized carbons (Fsp3) is 0.364. The Morgan fingerprint density at radius 1 is 1.07 bits per heavy atom. The molecule has 0 bridgehead atoms. The summed E-state index contributed by atoms with van der Waals surface area (Å²) in [7, 11) is 0. The molecule has 2 rings (SSSR count). The van der Waals surface area contributed by atoms with Crippen molar-refractivity contribution in [1.82, 2.24) is 5.32 Å². The quantitative estimate of drug-likeness (QED) is 0.594. The molecule has 1 amide bonds. The van der Waals surface area contributed by atoms with Crippen LogP contribution < -0.4 is 10.1 Å². The van der Waals surface area contributed by atoms with Crippen molar-refractivity contribution in [3.63, 3.8) is 0 Å². The summed E-state index contributed by atoms with van der Waals surface area (Å²) in [6.07, 6.45) is -0.759. The van der Waals surface area contributed by atoms with Crippen molar-refractivity contribution in [2.45, 2.75) is 46.1 Å². The van der Waals surface area contributed by atoms with Gasteiger partial charge in [-0.05, 0) is 48.2 Å². The fourth-order valence-electron chi connectivity index (χ4n) is 2.86. The fourth-order valence-corrected chi connectivity index (χ4v) is 2.86. The summed E-state index contributed by atoms with van der Waals surface area (Å²) < 4.78 is 34.9. The third-order valence-electron chi connectivity index (χ3n) is 4.43. The van der Waals surface area contributed by atoms with Crippen LogP contribution in [-0.2, 0) is 16.1 Å². The molecule has 0 heterocycles. The van der Waals surface area contributed by atoms with Crippen LogP contribution in [0, 0.1) is 5.92 Å². The maximum atomic E-state index is 12.7. The van der Waals surface area contributed by atoms with E-state index in [-0.39, 0.29) is 35.8 Å². The Morgan fingerprint density at radius 3 is 2.30 bits per heavy atom. The van der Waals surface area contributed by atoms with Gasteiger partial charge < -0.3 is 19.9 Å². The van der Waals surface area contributed by atoms with Crippen LogP contribution in [0.15, 0.2) is 48.5 Å². The van der Waals surface area contributed by atoms with Gasteiger partial charge in [-0.2, -0.15) is 8.78 Å². The summed E-state index contributed by atoms with van der Waals surface area (Å²) in [6, 6.07) is 12.0. The van der Waals surface area contributed by atoms with Crippen LogP contribution in [0.2, 0.25) is 0 Å². The summed E-state index contributed by atoms with van der Waals surface area (Å²) in [5, 5.41) is 11.8. The molecule has 0 spiro atoms. The zero-order valence-corrected chi connectivity index (χ0v) is 17.0. The molecule has 8 heteroatoms. The number of halogens is 2. The van der Waals surface area contributed by atoms with Crippen LogP contribution >= 0.6 is 0 Å². The first kappa shape index (κ1) is 23.3. The Bertz CT molecular complexity index is 855. The van der Waals surface area contributed by atoms with Gasteiger partial charge >= 0.3 is 12.6 Å². The topological polar surface area (TPSA) is 84.9 Å². The van der Waals surface area contributed by atoms with Gasteiger partial charge in [-0.3, -0.25) is 4.79 Å². The number of carboxylic acids is 1. The molecule has 0 aromatic heterocycles. The molecule has 162 valence electrons. The molecule has 0 radical (unpaired) electrons. The second kappa shape index (κ2) is 10.7. The highest BCUT2D eigenvalue weighted by atomic mass is 19.3. The Hall–Kier alpha value is -3.00. The molecule has 30 heavy (non-hydrogen) atoms. The standard InChI is InChI=1S/C22H25F2NO5/c1-13(2)19(29-12-15-5-4-6-18(11-15)30-22(23)24)20(26)25-14(3)16-7-9-17(10-8-16)21(27)28/h4-11,13-14,19,22H,12H2,1-3H3,(H,25,26)(H,27,28)/t14-,19+/m0/s1. The number of alkyl halides is 2. The Kier molecular flexibility index (Phi) is 8.29. The number of amides is 1. The molecule has 0 fully saturated rings. The number of carbonyl (C=O) groups excluding carboxylic acids is 1. The predicted molar refractivity (Wildman–Crippen MR) is 106 cm³/mol. The van der Waals surface area contributed by atoms with E-state index in [2.05, 4.69) is 10.1 Å². The van der Waals surface area contributed by atoms with Crippen molar-refractivity contribution >= 4 is 11.9 Å². The summed E-state index contributed by atoms with van der Waals surface area (Å²) in [4.78, 5) is 23.7. The average Bonchev–Trinajstić information content (AvgIpc) is 2.67. The number of benzene rings is 2. The number of carbonyl (C=O) groups is 2. The van der Waals surface area contributed by atoms with Crippen LogP contribution in [0.3, 0.4) is 0 Å². The van der Waals surface area contributed by atoms with Crippen molar-refractivity contribution in [3.8, 4) is 5.75 Å². The highest BCUT2D eigenvalue weighted by molar-refractivity contribution is 5.87. The molecule has 2 N–H and O–H groups in total. The van der Waals surface area contributed by atoms with E-state index in [1.807, 2.05) is 13.8 Å². The van der Waals surface area contributed by atoms with Crippen LogP contribution in [0.4, 0.5) is 8.78 Å². The third kappa shape index (κ3) is 6.81. The van der Waals surface area contributed by atoms with Crippen LogP contribution in [0.25, 0.3) is 0 Å². The second-order valence-electron chi connectivity index (χ2n) is 7.16. The van der Waals surface area contributed by atoms with E-state index in [0.717, 1.165) is 5.56 Å². The second-order valence-corrected chi connectivity index (χ2v) is 7.16. The number of nitrogens with one attached hydrogen (secondary N) is 1. The Labute approximate surface area is 173 Å². The largest absolute Gasteiger partial charge is 0.478 e. The first-order valence-corrected chi connectivity index (χ1v) is 9.46. The van der Waals surface area contributed by atoms with Gasteiger partial charge in [0.15, 0.2) is 0 Å². The van der Waals surface area contributed by atoms with E-state index in [0.29, 0.717) is 5.56 Å². The molecule has 6 nitrogen and oxygen atoms in total. The molecule has 2 aromatic carbocycles. The lowest BCUT2D eigenvalue weighted by molar-refractivity contribution is -0.137. The van der Waals surface area contributed by atoms with E-state index in [4.69, 9.17) is 9.84 Å². The van der Waals surface area contributed by atoms with E-state index < -0.39 is 18.7 Å². The predicted octanol–water partition coefficient (Wildman–Crippen LogP) is 4.40. The maximum absolute atomic E-state index is 12.7. The van der Waals surface area contributed by atoms with Crippen LogP contribution in [-0.4, -0.2) is 29.7 Å². The molecule has 0 aliphatic heterocycles. The van der Waals surface area contributed by atoms with Gasteiger partial charge in [-0.25, -0.2) is 4.79 Å². The van der Waals surface area contributed by atoms with Crippen molar-refractivity contribution in [1.29, 1.82) is 0 Å². The average molecular weight is 421 g/mol. The number of carboxylic acid groups (broad SMARTS) is 1. The summed E-state index contributed by atoms with van der Waals surface area (Å²) in [5.74, 6) is -1.45. The van der Waals surface area contributed by atoms with Gasteiger partial charge in [0.05, 0.1) is 18.2 Å². The number of rotatable bonds is 10. The van der Waals surface area contributed by atoms with E-state index in [1.165, 1.54) is 24.3 Å². The highest BCUT2D eigenvalue weighted by Crippen LogP contribution is 2.19. The smallest absolute Gasteiger partial charge is 0.387 e. The molecular formula is C22H25F2NO5. The molecule has 2 atom stereocenters. The van der Waals surface area contributed by atoms with Gasteiger partial charge in [0.25, 0.3) is 0 Å². The normalized spacial score (nSPS) is 13.2. The number of hydrogen-bond donors (Lipinski definition) is 2. The van der Waals surface area contributed by atoms with Crippen molar-refractivity contribution in [2.75, 3.05) is 0 Å². The Morgan fingerprint density at radius 2 is 1.73 bits per heavy atom. The number of hydrogen-bond acceptors (Lipinski definition) is 4. The molecule has 0 aliphatic rings. The molecule has 0 saturated heterocycles. The lowest BCUT2D eigenvalue weighted by Gasteiger charge is -2.24. The van der Waals surface area contributed by atoms with Gasteiger partial charge in [-0.1, -0.05) is 38.1 Å². The van der Waals surface area contributed by atoms with Gasteiger partial charge in [0.2, 0.25) is 5.91 Å². The van der Waals surface area contributed by atoms with Crippen LogP contribution in [0.1, 0.15) is 48.3 Å². The minimum Gasteiger partial charge on any atom is -0.478 e. The minimum absolute atomic E-state index is 0.0232. The minimum atomic E-state index is -2.92. The number of aromatic carboxylic acids is 1. The lowest BCUT2D eigenvalue weighted by atomic mass is 10.0. The first-order chi connectivity index (χ1) is 14.2. The van der Waals surface area contributed by atoms with E-state index >= 15 is 0 Å². The molecule has 2 aromatic rings. The van der Waals surface area contributed by atoms with Gasteiger partial charge in [0, 0.05) is 0 Å². The zero-order valence-electron chi connectivity index (χ0n) is 17.0. The highest BCUT2D eigenvalue weighted by Gasteiger charge is 2.25. The molecule has 0 saturated carbocycles. The summed E-state index contributed by atoms with van der Waals surface area (Å²) in [6.45, 7) is 2.61. The van der Waals surface area contributed by atoms with Gasteiger partial charge in [-0.15, -0.1) is 0 Å². The monoisotopic (exact) mass is 421 g/mol. The Balaban J connectivity index is 1.99. The molecule has 0 unspecified atom stereocenters. The summed E-state index contributed by atoms with van der Waals surface area (Å²) in [5.41, 5.74) is 1.52. The van der Waals surface area contributed by atoms with Crippen molar-refractivity contribution in [2.24, 2.45) is 5.92 Å². The van der Waals surface area contributed by atoms with Crippen molar-refractivity contribution in [3.05, 3.63) is 65.2 Å². The van der Waals surface area contributed by atoms with E-state index in [9.17, 15) is 18.4 Å². The lowest BCUT2D eigenvalue weighted by Crippen LogP contribution is -2.40. The SMILES string of the molecule is CC(C)[C@@H](OCc1cccc(OC(F)F)c1)C(=O)N[C@@H](C)c1ccc(C(=O)O)cc1. The first-order valence-electron chi connectivity index (χ1n) is 9.46. The molecule has 0 aliphatic carbocycles.